The van der Waals surface area contributed by atoms with Gasteiger partial charge in [0.05, 0.1) is 26.9 Å². The molecule has 0 aliphatic carbocycles. The van der Waals surface area contributed by atoms with Crippen LogP contribution < -0.4 is 14.8 Å². The number of rotatable bonds is 6. The molecule has 0 bridgehead atoms. The first kappa shape index (κ1) is 16.1. The van der Waals surface area contributed by atoms with E-state index in [1.807, 2.05) is 19.2 Å². The van der Waals surface area contributed by atoms with E-state index >= 15 is 0 Å². The molecule has 0 saturated carbocycles. The van der Waals surface area contributed by atoms with E-state index in [4.69, 9.17) is 14.2 Å². The number of hydrogen-bond acceptors (Lipinski definition) is 5. The van der Waals surface area contributed by atoms with Gasteiger partial charge in [0.1, 0.15) is 11.5 Å². The standard InChI is InChI=1S/C16H26N2O3/c1-12(18-7-8-21-14(11-18)10-17-2)15-9-13(19-3)5-6-16(15)20-4/h5-6,9,12,14,17H,7-8,10-11H2,1-4H3. The number of methoxy groups -OCH3 is 2. The topological polar surface area (TPSA) is 43.0 Å². The van der Waals surface area contributed by atoms with Crippen molar-refractivity contribution in [1.29, 1.82) is 0 Å². The molecule has 1 aromatic carbocycles. The summed E-state index contributed by atoms with van der Waals surface area (Å²) in [6.45, 7) is 5.70. The fourth-order valence-electron chi connectivity index (χ4n) is 2.81. The van der Waals surface area contributed by atoms with Gasteiger partial charge in [-0.2, -0.15) is 0 Å². The number of morpholine rings is 1. The molecule has 1 aliphatic heterocycles. The summed E-state index contributed by atoms with van der Waals surface area (Å²) >= 11 is 0. The second-order valence-electron chi connectivity index (χ2n) is 5.33. The highest BCUT2D eigenvalue weighted by Gasteiger charge is 2.26. The molecule has 0 amide bonds. The summed E-state index contributed by atoms with van der Waals surface area (Å²) in [4.78, 5) is 2.43. The quantitative estimate of drug-likeness (QED) is 0.865. The average Bonchev–Trinajstić information content (AvgIpc) is 2.54. The molecule has 1 aliphatic rings. The summed E-state index contributed by atoms with van der Waals surface area (Å²) in [5.41, 5.74) is 1.15. The molecule has 0 spiro atoms. The van der Waals surface area contributed by atoms with Crippen molar-refractivity contribution in [1.82, 2.24) is 10.2 Å². The molecule has 1 aromatic rings. The Kier molecular flexibility index (Phi) is 5.85. The second kappa shape index (κ2) is 7.64. The Balaban J connectivity index is 2.16. The predicted octanol–water partition coefficient (Wildman–Crippen LogP) is 1.68. The van der Waals surface area contributed by atoms with E-state index in [9.17, 15) is 0 Å². The van der Waals surface area contributed by atoms with Gasteiger partial charge in [-0.3, -0.25) is 4.90 Å². The smallest absolute Gasteiger partial charge is 0.123 e. The number of hydrogen-bond donors (Lipinski definition) is 1. The van der Waals surface area contributed by atoms with Crippen molar-refractivity contribution >= 4 is 0 Å². The minimum absolute atomic E-state index is 0.239. The molecule has 2 atom stereocenters. The van der Waals surface area contributed by atoms with E-state index in [0.717, 1.165) is 43.3 Å². The van der Waals surface area contributed by atoms with Gasteiger partial charge < -0.3 is 19.5 Å². The molecule has 1 fully saturated rings. The zero-order valence-corrected chi connectivity index (χ0v) is 13.4. The summed E-state index contributed by atoms with van der Waals surface area (Å²) in [7, 11) is 5.35. The lowest BCUT2D eigenvalue weighted by atomic mass is 10.0. The average molecular weight is 294 g/mol. The van der Waals surface area contributed by atoms with Gasteiger partial charge in [0, 0.05) is 31.2 Å². The molecule has 21 heavy (non-hydrogen) atoms. The number of nitrogens with one attached hydrogen (secondary N) is 1. The van der Waals surface area contributed by atoms with Crippen LogP contribution in [-0.4, -0.2) is 58.5 Å². The Morgan fingerprint density at radius 1 is 1.38 bits per heavy atom. The number of ether oxygens (including phenoxy) is 3. The van der Waals surface area contributed by atoms with Gasteiger partial charge in [-0.25, -0.2) is 0 Å². The molecule has 1 saturated heterocycles. The zero-order chi connectivity index (χ0) is 15.2. The van der Waals surface area contributed by atoms with Crippen LogP contribution in [0.25, 0.3) is 0 Å². The third-order valence-electron chi connectivity index (χ3n) is 4.04. The Hall–Kier alpha value is -1.30. The Labute approximate surface area is 127 Å². The normalized spacial score (nSPS) is 21.0. The number of benzene rings is 1. The molecule has 1 N–H and O–H groups in total. The molecule has 5 nitrogen and oxygen atoms in total. The summed E-state index contributed by atoms with van der Waals surface area (Å²) < 4.78 is 16.6. The first-order valence-corrected chi connectivity index (χ1v) is 7.41. The van der Waals surface area contributed by atoms with Crippen molar-refractivity contribution < 1.29 is 14.2 Å². The maximum atomic E-state index is 5.78. The van der Waals surface area contributed by atoms with Gasteiger partial charge in [-0.15, -0.1) is 0 Å². The Bertz CT molecular complexity index is 451. The van der Waals surface area contributed by atoms with Crippen LogP contribution >= 0.6 is 0 Å². The molecule has 2 unspecified atom stereocenters. The second-order valence-corrected chi connectivity index (χ2v) is 5.33. The van der Waals surface area contributed by atoms with Crippen LogP contribution in [0, 0.1) is 0 Å². The molecular weight excluding hydrogens is 268 g/mol. The van der Waals surface area contributed by atoms with Gasteiger partial charge in [0.15, 0.2) is 0 Å². The van der Waals surface area contributed by atoms with E-state index in [0.29, 0.717) is 0 Å². The van der Waals surface area contributed by atoms with Crippen LogP contribution in [0.15, 0.2) is 18.2 Å². The molecule has 1 heterocycles. The summed E-state index contributed by atoms with van der Waals surface area (Å²) in [5.74, 6) is 1.76. The van der Waals surface area contributed by atoms with Crippen molar-refractivity contribution in [2.75, 3.05) is 47.5 Å². The minimum atomic E-state index is 0.239. The van der Waals surface area contributed by atoms with Crippen molar-refractivity contribution in [2.24, 2.45) is 0 Å². The SMILES string of the molecule is CNCC1CN(C(C)c2cc(OC)ccc2OC)CCO1. The van der Waals surface area contributed by atoms with Crippen molar-refractivity contribution in [3.63, 3.8) is 0 Å². The van der Waals surface area contributed by atoms with E-state index in [-0.39, 0.29) is 12.1 Å². The summed E-state index contributed by atoms with van der Waals surface area (Å²) in [6, 6.07) is 6.22. The van der Waals surface area contributed by atoms with Crippen molar-refractivity contribution in [3.8, 4) is 11.5 Å². The lowest BCUT2D eigenvalue weighted by Crippen LogP contribution is -2.47. The highest BCUT2D eigenvalue weighted by Crippen LogP contribution is 2.33. The Morgan fingerprint density at radius 2 is 2.19 bits per heavy atom. The molecular formula is C16H26N2O3. The van der Waals surface area contributed by atoms with Crippen LogP contribution in [0.1, 0.15) is 18.5 Å². The number of nitrogens with zero attached hydrogens (tertiary/aromatic N) is 1. The fourth-order valence-corrected chi connectivity index (χ4v) is 2.81. The lowest BCUT2D eigenvalue weighted by Gasteiger charge is -2.37. The zero-order valence-electron chi connectivity index (χ0n) is 13.4. The van der Waals surface area contributed by atoms with Crippen LogP contribution in [0.5, 0.6) is 11.5 Å². The van der Waals surface area contributed by atoms with Crippen molar-refractivity contribution in [3.05, 3.63) is 23.8 Å². The van der Waals surface area contributed by atoms with Gasteiger partial charge in [0.25, 0.3) is 0 Å². The van der Waals surface area contributed by atoms with Crippen molar-refractivity contribution in [2.45, 2.75) is 19.1 Å². The molecule has 5 heteroatoms. The highest BCUT2D eigenvalue weighted by molar-refractivity contribution is 5.42. The van der Waals surface area contributed by atoms with Crippen LogP contribution in [0.3, 0.4) is 0 Å². The lowest BCUT2D eigenvalue weighted by molar-refractivity contribution is -0.0395. The van der Waals surface area contributed by atoms with Gasteiger partial charge in [0.2, 0.25) is 0 Å². The maximum absolute atomic E-state index is 5.78. The molecule has 0 radical (unpaired) electrons. The van der Waals surface area contributed by atoms with E-state index < -0.39 is 0 Å². The van der Waals surface area contributed by atoms with Crippen LogP contribution in [-0.2, 0) is 4.74 Å². The Morgan fingerprint density at radius 3 is 2.86 bits per heavy atom. The van der Waals surface area contributed by atoms with Crippen LogP contribution in [0.4, 0.5) is 0 Å². The molecule has 118 valence electrons. The number of likely N-dealkylation sites (N-methyl/N-ethyl adjacent to an activating group) is 1. The highest BCUT2D eigenvalue weighted by atomic mass is 16.5. The first-order valence-electron chi connectivity index (χ1n) is 7.41. The third kappa shape index (κ3) is 3.87. The first-order chi connectivity index (χ1) is 10.2. The minimum Gasteiger partial charge on any atom is -0.497 e. The predicted molar refractivity (Wildman–Crippen MR) is 83.2 cm³/mol. The van der Waals surface area contributed by atoms with Gasteiger partial charge in [-0.1, -0.05) is 0 Å². The largest absolute Gasteiger partial charge is 0.497 e. The van der Waals surface area contributed by atoms with E-state index in [1.165, 1.54) is 0 Å². The van der Waals surface area contributed by atoms with Gasteiger partial charge in [-0.05, 0) is 32.2 Å². The van der Waals surface area contributed by atoms with Gasteiger partial charge >= 0.3 is 0 Å². The molecule has 2 rings (SSSR count). The van der Waals surface area contributed by atoms with E-state index in [1.54, 1.807) is 14.2 Å². The summed E-state index contributed by atoms with van der Waals surface area (Å²) in [6.07, 6.45) is 0.239. The summed E-state index contributed by atoms with van der Waals surface area (Å²) in [5, 5.41) is 3.18. The maximum Gasteiger partial charge on any atom is 0.123 e. The fraction of sp³-hybridized carbons (Fsp3) is 0.625. The monoisotopic (exact) mass is 294 g/mol. The van der Waals surface area contributed by atoms with E-state index in [2.05, 4.69) is 23.2 Å². The third-order valence-corrected chi connectivity index (χ3v) is 4.04. The van der Waals surface area contributed by atoms with Crippen LogP contribution in [0.2, 0.25) is 0 Å². The molecule has 0 aromatic heterocycles.